The number of carboxylic acid groups (broad SMARTS) is 1. The maximum absolute atomic E-state index is 15.3. The molecule has 33 heavy (non-hydrogen) atoms. The predicted octanol–water partition coefficient (Wildman–Crippen LogP) is 4.91. The van der Waals surface area contributed by atoms with Crippen LogP contribution in [0.15, 0.2) is 36.4 Å². The van der Waals surface area contributed by atoms with Crippen LogP contribution in [0.3, 0.4) is 0 Å². The third kappa shape index (κ3) is 5.31. The first kappa shape index (κ1) is 23.5. The molecular formula is C26H32FNO5. The Labute approximate surface area is 194 Å². The third-order valence-corrected chi connectivity index (χ3v) is 6.64. The second-order valence-corrected chi connectivity index (χ2v) is 8.82. The van der Waals surface area contributed by atoms with Crippen molar-refractivity contribution < 1.29 is 28.5 Å². The van der Waals surface area contributed by atoms with Gasteiger partial charge in [-0.15, -0.1) is 0 Å². The van der Waals surface area contributed by atoms with E-state index in [2.05, 4.69) is 5.32 Å². The minimum Gasteiger partial charge on any atom is -0.491 e. The smallest absolute Gasteiger partial charge is 0.329 e. The van der Waals surface area contributed by atoms with Crippen LogP contribution in [-0.4, -0.2) is 49.6 Å². The van der Waals surface area contributed by atoms with Crippen molar-refractivity contribution in [2.45, 2.75) is 44.6 Å². The van der Waals surface area contributed by atoms with Crippen LogP contribution < -0.4 is 10.1 Å². The molecule has 0 amide bonds. The lowest BCUT2D eigenvalue weighted by atomic mass is 9.88. The summed E-state index contributed by atoms with van der Waals surface area (Å²) in [6.45, 7) is 4.56. The van der Waals surface area contributed by atoms with Crippen LogP contribution in [0.1, 0.15) is 38.2 Å². The summed E-state index contributed by atoms with van der Waals surface area (Å²) >= 11 is 0. The Morgan fingerprint density at radius 2 is 2.00 bits per heavy atom. The summed E-state index contributed by atoms with van der Waals surface area (Å²) in [6.07, 6.45) is 3.50. The molecule has 1 unspecified atom stereocenters. The van der Waals surface area contributed by atoms with Gasteiger partial charge in [0.25, 0.3) is 0 Å². The van der Waals surface area contributed by atoms with Crippen molar-refractivity contribution in [1.29, 1.82) is 0 Å². The summed E-state index contributed by atoms with van der Waals surface area (Å²) in [5.41, 5.74) is 1.93. The Balaban J connectivity index is 1.67. The first-order valence-corrected chi connectivity index (χ1v) is 11.7. The Bertz CT molecular complexity index is 967. The molecule has 2 aromatic rings. The van der Waals surface area contributed by atoms with Crippen LogP contribution in [0.25, 0.3) is 11.1 Å². The fraction of sp³-hybridized carbons (Fsp3) is 0.500. The zero-order chi connectivity index (χ0) is 23.3. The molecule has 0 spiro atoms. The lowest BCUT2D eigenvalue weighted by Crippen LogP contribution is -2.50. The summed E-state index contributed by atoms with van der Waals surface area (Å²) in [6, 6.07) is 10.9. The summed E-state index contributed by atoms with van der Waals surface area (Å²) in [5.74, 6) is -0.541. The van der Waals surface area contributed by atoms with E-state index in [4.69, 9.17) is 14.2 Å². The standard InChI is InChI=1S/C26H32FNO5/c1-2-33-23-5-3-4-22(24(23)27)21-9-8-20(16-19(21)7-6-18-10-13-32-17-18)28-26(25(29)30)11-14-31-15-12-26/h3-5,8-9,16,18,28H,2,6-7,10-15,17H2,1H3,(H,29,30). The molecule has 2 aliphatic rings. The number of carbonyl (C=O) groups is 1. The average molecular weight is 458 g/mol. The molecule has 0 saturated carbocycles. The predicted molar refractivity (Wildman–Crippen MR) is 124 cm³/mol. The van der Waals surface area contributed by atoms with E-state index in [9.17, 15) is 9.90 Å². The number of aryl methyl sites for hydroxylation is 1. The van der Waals surface area contributed by atoms with E-state index in [0.29, 0.717) is 44.1 Å². The van der Waals surface area contributed by atoms with Gasteiger partial charge in [-0.05, 0) is 61.4 Å². The summed E-state index contributed by atoms with van der Waals surface area (Å²) in [5, 5.41) is 13.2. The number of nitrogens with one attached hydrogen (secondary N) is 1. The highest BCUT2D eigenvalue weighted by atomic mass is 19.1. The lowest BCUT2D eigenvalue weighted by molar-refractivity contribution is -0.145. The van der Waals surface area contributed by atoms with Crippen molar-refractivity contribution in [3.8, 4) is 16.9 Å². The monoisotopic (exact) mass is 457 g/mol. The zero-order valence-electron chi connectivity index (χ0n) is 19.1. The fourth-order valence-corrected chi connectivity index (χ4v) is 4.69. The molecule has 2 fully saturated rings. The van der Waals surface area contributed by atoms with Gasteiger partial charge in [0.15, 0.2) is 11.6 Å². The summed E-state index contributed by atoms with van der Waals surface area (Å²) in [4.78, 5) is 12.1. The van der Waals surface area contributed by atoms with E-state index in [1.54, 1.807) is 18.2 Å². The van der Waals surface area contributed by atoms with Gasteiger partial charge >= 0.3 is 5.97 Å². The molecule has 2 N–H and O–H groups in total. The topological polar surface area (TPSA) is 77.0 Å². The van der Waals surface area contributed by atoms with Gasteiger partial charge in [0.05, 0.1) is 6.61 Å². The van der Waals surface area contributed by atoms with Gasteiger partial charge in [0, 0.05) is 50.5 Å². The average Bonchev–Trinajstić information content (AvgIpc) is 3.34. The number of ether oxygens (including phenoxy) is 3. The van der Waals surface area contributed by atoms with Crippen molar-refractivity contribution in [3.63, 3.8) is 0 Å². The molecule has 2 aromatic carbocycles. The van der Waals surface area contributed by atoms with Gasteiger partial charge in [-0.2, -0.15) is 0 Å². The number of rotatable bonds is 9. The van der Waals surface area contributed by atoms with E-state index in [-0.39, 0.29) is 11.6 Å². The molecule has 7 heteroatoms. The number of carboxylic acids is 1. The van der Waals surface area contributed by atoms with Crippen LogP contribution >= 0.6 is 0 Å². The molecule has 4 rings (SSSR count). The normalized spacial score (nSPS) is 19.9. The largest absolute Gasteiger partial charge is 0.491 e. The first-order valence-electron chi connectivity index (χ1n) is 11.7. The molecule has 2 heterocycles. The van der Waals surface area contributed by atoms with Gasteiger partial charge in [-0.1, -0.05) is 18.2 Å². The fourth-order valence-electron chi connectivity index (χ4n) is 4.69. The highest BCUT2D eigenvalue weighted by Gasteiger charge is 2.40. The lowest BCUT2D eigenvalue weighted by Gasteiger charge is -2.35. The Morgan fingerprint density at radius 1 is 1.18 bits per heavy atom. The quantitative estimate of drug-likeness (QED) is 0.557. The van der Waals surface area contributed by atoms with Crippen LogP contribution in [0, 0.1) is 11.7 Å². The maximum Gasteiger partial charge on any atom is 0.329 e. The highest BCUT2D eigenvalue weighted by molar-refractivity contribution is 5.83. The van der Waals surface area contributed by atoms with Crippen molar-refractivity contribution in [2.24, 2.45) is 5.92 Å². The van der Waals surface area contributed by atoms with Gasteiger partial charge in [0.1, 0.15) is 5.54 Å². The summed E-state index contributed by atoms with van der Waals surface area (Å²) in [7, 11) is 0. The highest BCUT2D eigenvalue weighted by Crippen LogP contribution is 2.35. The number of benzene rings is 2. The molecule has 2 aliphatic heterocycles. The minimum atomic E-state index is -1.06. The van der Waals surface area contributed by atoms with E-state index in [1.165, 1.54) is 0 Å². The van der Waals surface area contributed by atoms with Crippen LogP contribution in [0.4, 0.5) is 10.1 Å². The third-order valence-electron chi connectivity index (χ3n) is 6.64. The number of halogens is 1. The molecule has 0 aliphatic carbocycles. The maximum atomic E-state index is 15.3. The van der Waals surface area contributed by atoms with Crippen LogP contribution in [0.2, 0.25) is 0 Å². The van der Waals surface area contributed by atoms with Crippen molar-refractivity contribution in [1.82, 2.24) is 0 Å². The van der Waals surface area contributed by atoms with Crippen molar-refractivity contribution in [2.75, 3.05) is 38.4 Å². The van der Waals surface area contributed by atoms with Gasteiger partial charge in [-0.25, -0.2) is 9.18 Å². The Kier molecular flexibility index (Phi) is 7.50. The molecule has 2 saturated heterocycles. The number of hydrogen-bond donors (Lipinski definition) is 2. The van der Waals surface area contributed by atoms with Gasteiger partial charge in [-0.3, -0.25) is 0 Å². The van der Waals surface area contributed by atoms with E-state index >= 15 is 4.39 Å². The van der Waals surface area contributed by atoms with Crippen LogP contribution in [-0.2, 0) is 20.7 Å². The molecular weight excluding hydrogens is 425 g/mol. The molecule has 178 valence electrons. The van der Waals surface area contributed by atoms with Crippen LogP contribution in [0.5, 0.6) is 5.75 Å². The second-order valence-electron chi connectivity index (χ2n) is 8.82. The Hall–Kier alpha value is -2.64. The number of aliphatic carboxylic acids is 1. The van der Waals surface area contributed by atoms with E-state index in [0.717, 1.165) is 49.3 Å². The van der Waals surface area contributed by atoms with Crippen molar-refractivity contribution in [3.05, 3.63) is 47.8 Å². The minimum absolute atomic E-state index is 0.236. The van der Waals surface area contributed by atoms with Crippen molar-refractivity contribution >= 4 is 11.7 Å². The zero-order valence-corrected chi connectivity index (χ0v) is 19.1. The van der Waals surface area contributed by atoms with Gasteiger partial charge in [0.2, 0.25) is 0 Å². The second kappa shape index (κ2) is 10.5. The SMILES string of the molecule is CCOc1cccc(-c2ccc(NC3(C(=O)O)CCOCC3)cc2CCC2CCOC2)c1F. The van der Waals surface area contributed by atoms with E-state index < -0.39 is 11.5 Å². The molecule has 0 bridgehead atoms. The molecule has 0 aromatic heterocycles. The Morgan fingerprint density at radius 3 is 2.70 bits per heavy atom. The number of anilines is 1. The molecule has 6 nitrogen and oxygen atoms in total. The molecule has 0 radical (unpaired) electrons. The van der Waals surface area contributed by atoms with Gasteiger partial charge < -0.3 is 24.6 Å². The van der Waals surface area contributed by atoms with E-state index in [1.807, 2.05) is 25.1 Å². The first-order chi connectivity index (χ1) is 16.0. The summed E-state index contributed by atoms with van der Waals surface area (Å²) < 4.78 is 31.6. The number of hydrogen-bond acceptors (Lipinski definition) is 5. The molecule has 1 atom stereocenters.